The maximum Gasteiger partial charge on any atom is 0.356 e. The monoisotopic (exact) mass is 296 g/mol. The van der Waals surface area contributed by atoms with Gasteiger partial charge in [0.15, 0.2) is 5.69 Å². The Balaban J connectivity index is 2.38. The van der Waals surface area contributed by atoms with E-state index in [1.165, 1.54) is 18.3 Å². The second-order valence-electron chi connectivity index (χ2n) is 3.76. The zero-order valence-electron chi connectivity index (χ0n) is 9.95. The summed E-state index contributed by atoms with van der Waals surface area (Å²) >= 11 is 0. The number of aromatic carboxylic acids is 1. The molecule has 1 aromatic heterocycles. The quantitative estimate of drug-likeness (QED) is 0.895. The molecular formula is C12H9FN2O4S. The van der Waals surface area contributed by atoms with Gasteiger partial charge in [-0.15, -0.1) is 0 Å². The molecule has 1 aromatic carbocycles. The number of rotatable bonds is 4. The number of aromatic nitrogens is 1. The number of anilines is 1. The Morgan fingerprint density at radius 1 is 1.20 bits per heavy atom. The topological polar surface area (TPSA) is 96.4 Å². The van der Waals surface area contributed by atoms with Gasteiger partial charge < -0.3 is 5.11 Å². The third-order valence-electron chi connectivity index (χ3n) is 2.38. The number of hydrogen-bond donors (Lipinski definition) is 2. The smallest absolute Gasteiger partial charge is 0.356 e. The highest BCUT2D eigenvalue weighted by atomic mass is 32.2. The minimum atomic E-state index is -4.01. The highest BCUT2D eigenvalue weighted by Gasteiger charge is 2.19. The van der Waals surface area contributed by atoms with Crippen molar-refractivity contribution < 1.29 is 22.7 Å². The van der Waals surface area contributed by atoms with E-state index in [-0.39, 0.29) is 10.6 Å². The number of pyridine rings is 1. The third-order valence-corrected chi connectivity index (χ3v) is 3.76. The first kappa shape index (κ1) is 13.9. The molecule has 0 saturated carbocycles. The Kier molecular flexibility index (Phi) is 3.66. The van der Waals surface area contributed by atoms with E-state index in [1.54, 1.807) is 0 Å². The lowest BCUT2D eigenvalue weighted by Gasteiger charge is -2.09. The summed E-state index contributed by atoms with van der Waals surface area (Å²) in [6.07, 6.45) is 1.24. The lowest BCUT2D eigenvalue weighted by atomic mass is 10.3. The summed E-state index contributed by atoms with van der Waals surface area (Å²) in [6, 6.07) is 6.82. The molecule has 0 atom stereocenters. The van der Waals surface area contributed by atoms with Crippen LogP contribution in [0.4, 0.5) is 10.1 Å². The predicted molar refractivity (Wildman–Crippen MR) is 68.4 cm³/mol. The summed E-state index contributed by atoms with van der Waals surface area (Å²) in [4.78, 5) is 14.3. The highest BCUT2D eigenvalue weighted by Crippen LogP contribution is 2.18. The van der Waals surface area contributed by atoms with Crippen LogP contribution in [0.5, 0.6) is 0 Å². The van der Waals surface area contributed by atoms with Crippen molar-refractivity contribution in [3.05, 3.63) is 54.1 Å². The Morgan fingerprint density at radius 2 is 1.85 bits per heavy atom. The van der Waals surface area contributed by atoms with Gasteiger partial charge in [0.05, 0.1) is 10.6 Å². The van der Waals surface area contributed by atoms with E-state index >= 15 is 0 Å². The lowest BCUT2D eigenvalue weighted by molar-refractivity contribution is 0.0692. The highest BCUT2D eigenvalue weighted by molar-refractivity contribution is 7.92. The number of nitrogens with zero attached hydrogens (tertiary/aromatic N) is 1. The Morgan fingerprint density at radius 3 is 2.45 bits per heavy atom. The van der Waals surface area contributed by atoms with E-state index in [0.29, 0.717) is 0 Å². The second-order valence-corrected chi connectivity index (χ2v) is 5.45. The maximum atomic E-state index is 12.8. The normalized spacial score (nSPS) is 11.1. The van der Waals surface area contributed by atoms with Crippen LogP contribution in [0, 0.1) is 5.82 Å². The fourth-order valence-corrected chi connectivity index (χ4v) is 2.54. The Bertz CT molecular complexity index is 744. The number of carboxylic acids is 1. The molecule has 2 rings (SSSR count). The molecule has 0 fully saturated rings. The third kappa shape index (κ3) is 2.91. The number of benzene rings is 1. The van der Waals surface area contributed by atoms with Crippen LogP contribution in [0.25, 0.3) is 0 Å². The average molecular weight is 296 g/mol. The summed E-state index contributed by atoms with van der Waals surface area (Å²) in [7, 11) is -4.01. The maximum absolute atomic E-state index is 12.8. The molecule has 2 N–H and O–H groups in total. The molecular weight excluding hydrogens is 287 g/mol. The van der Waals surface area contributed by atoms with E-state index in [2.05, 4.69) is 9.71 Å². The summed E-state index contributed by atoms with van der Waals surface area (Å²) in [5.74, 6) is -1.93. The minimum Gasteiger partial charge on any atom is -0.476 e. The molecule has 1 heterocycles. The van der Waals surface area contributed by atoms with Gasteiger partial charge in [-0.2, -0.15) is 0 Å². The van der Waals surface area contributed by atoms with Crippen molar-refractivity contribution in [1.29, 1.82) is 0 Å². The molecule has 8 heteroatoms. The van der Waals surface area contributed by atoms with Gasteiger partial charge in [0, 0.05) is 6.20 Å². The standard InChI is InChI=1S/C12H9FN2O4S/c13-8-3-5-9(6-4-8)20(18,19)15-10-2-1-7-14-11(10)12(16)17/h1-7,15H,(H,16,17). The van der Waals surface area contributed by atoms with Crippen molar-refractivity contribution in [2.45, 2.75) is 4.90 Å². The molecule has 104 valence electrons. The zero-order valence-corrected chi connectivity index (χ0v) is 10.8. The van der Waals surface area contributed by atoms with Crippen LogP contribution in [0.2, 0.25) is 0 Å². The lowest BCUT2D eigenvalue weighted by Crippen LogP contribution is -2.16. The van der Waals surface area contributed by atoms with Crippen LogP contribution in [0.15, 0.2) is 47.5 Å². The molecule has 0 bridgehead atoms. The van der Waals surface area contributed by atoms with Gasteiger partial charge in [-0.3, -0.25) is 4.72 Å². The number of hydrogen-bond acceptors (Lipinski definition) is 4. The Hall–Kier alpha value is -2.48. The molecule has 0 spiro atoms. The molecule has 0 saturated heterocycles. The van der Waals surface area contributed by atoms with Gasteiger partial charge >= 0.3 is 5.97 Å². The molecule has 0 aliphatic rings. The molecule has 2 aromatic rings. The summed E-state index contributed by atoms with van der Waals surface area (Å²) in [6.45, 7) is 0. The number of nitrogens with one attached hydrogen (secondary N) is 1. The van der Waals surface area contributed by atoms with E-state index in [9.17, 15) is 17.6 Å². The molecule has 0 unspecified atom stereocenters. The van der Waals surface area contributed by atoms with Crippen molar-refractivity contribution in [3.8, 4) is 0 Å². The SMILES string of the molecule is O=C(O)c1ncccc1NS(=O)(=O)c1ccc(F)cc1. The largest absolute Gasteiger partial charge is 0.476 e. The Labute approximate surface area is 114 Å². The van der Waals surface area contributed by atoms with E-state index < -0.39 is 27.5 Å². The van der Waals surface area contributed by atoms with Crippen molar-refractivity contribution in [2.24, 2.45) is 0 Å². The van der Waals surface area contributed by atoms with Crippen LogP contribution in [-0.2, 0) is 10.0 Å². The van der Waals surface area contributed by atoms with Gasteiger partial charge in [-0.25, -0.2) is 22.6 Å². The van der Waals surface area contributed by atoms with Gasteiger partial charge in [-0.1, -0.05) is 0 Å². The summed E-state index contributed by atoms with van der Waals surface area (Å²) in [5, 5.41) is 8.92. The number of sulfonamides is 1. The van der Waals surface area contributed by atoms with Crippen LogP contribution in [0.3, 0.4) is 0 Å². The fraction of sp³-hybridized carbons (Fsp3) is 0. The molecule has 0 amide bonds. The van der Waals surface area contributed by atoms with Gasteiger partial charge in [0.1, 0.15) is 5.82 Å². The van der Waals surface area contributed by atoms with Crippen LogP contribution in [-0.4, -0.2) is 24.5 Å². The van der Waals surface area contributed by atoms with Crippen LogP contribution < -0.4 is 4.72 Å². The average Bonchev–Trinajstić information content (AvgIpc) is 2.39. The van der Waals surface area contributed by atoms with Crippen LogP contribution in [0.1, 0.15) is 10.5 Å². The van der Waals surface area contributed by atoms with E-state index in [0.717, 1.165) is 24.3 Å². The van der Waals surface area contributed by atoms with Gasteiger partial charge in [-0.05, 0) is 36.4 Å². The second kappa shape index (κ2) is 5.25. The molecule has 6 nitrogen and oxygen atoms in total. The van der Waals surface area contributed by atoms with Gasteiger partial charge in [0.2, 0.25) is 0 Å². The first-order chi connectivity index (χ1) is 9.40. The number of carboxylic acid groups (broad SMARTS) is 1. The van der Waals surface area contributed by atoms with E-state index in [1.807, 2.05) is 0 Å². The number of carbonyl (C=O) groups is 1. The summed E-state index contributed by atoms with van der Waals surface area (Å²) < 4.78 is 38.9. The van der Waals surface area contributed by atoms with Crippen molar-refractivity contribution >= 4 is 21.7 Å². The minimum absolute atomic E-state index is 0.163. The van der Waals surface area contributed by atoms with Crippen molar-refractivity contribution in [1.82, 2.24) is 4.98 Å². The predicted octanol–water partition coefficient (Wildman–Crippen LogP) is 1.72. The van der Waals surface area contributed by atoms with Crippen molar-refractivity contribution in [3.63, 3.8) is 0 Å². The zero-order chi connectivity index (χ0) is 14.8. The van der Waals surface area contributed by atoms with Crippen LogP contribution >= 0.6 is 0 Å². The molecule has 20 heavy (non-hydrogen) atoms. The molecule has 0 aliphatic heterocycles. The van der Waals surface area contributed by atoms with E-state index in [4.69, 9.17) is 5.11 Å². The molecule has 0 radical (unpaired) electrons. The van der Waals surface area contributed by atoms with Gasteiger partial charge in [0.25, 0.3) is 10.0 Å². The number of halogens is 1. The first-order valence-electron chi connectivity index (χ1n) is 5.37. The summed E-state index contributed by atoms with van der Waals surface area (Å²) in [5.41, 5.74) is -0.581. The fourth-order valence-electron chi connectivity index (χ4n) is 1.48. The molecule has 0 aliphatic carbocycles. The first-order valence-corrected chi connectivity index (χ1v) is 6.85. The van der Waals surface area contributed by atoms with Crippen molar-refractivity contribution in [2.75, 3.05) is 4.72 Å².